The predicted molar refractivity (Wildman–Crippen MR) is 129 cm³/mol. The molecule has 3 aromatic carbocycles. The van der Waals surface area contributed by atoms with Crippen molar-refractivity contribution in [1.82, 2.24) is 0 Å². The van der Waals surface area contributed by atoms with E-state index < -0.39 is 0 Å². The maximum absolute atomic E-state index is 11.8. The quantitative estimate of drug-likeness (QED) is 0.179. The van der Waals surface area contributed by atoms with Crippen LogP contribution in [0.25, 0.3) is 0 Å². The van der Waals surface area contributed by atoms with Gasteiger partial charge in [0.25, 0.3) is 0 Å². The summed E-state index contributed by atoms with van der Waals surface area (Å²) in [5, 5.41) is 17.7. The number of anilines is 2. The molecule has 0 saturated carbocycles. The molecule has 3 rings (SSSR count). The van der Waals surface area contributed by atoms with Crippen molar-refractivity contribution in [2.75, 3.05) is 5.32 Å². The van der Waals surface area contributed by atoms with Crippen LogP contribution < -0.4 is 15.9 Å². The predicted octanol–water partition coefficient (Wildman–Crippen LogP) is 5.55. The van der Waals surface area contributed by atoms with E-state index in [4.69, 9.17) is 10.6 Å². The number of carbonyl (C=O) groups is 1. The lowest BCUT2D eigenvalue weighted by Gasteiger charge is -2.15. The monoisotopic (exact) mass is 431 g/mol. The van der Waals surface area contributed by atoms with Crippen LogP contribution in [0.2, 0.25) is 0 Å². The normalized spacial score (nSPS) is 11.3. The van der Waals surface area contributed by atoms with Crippen LogP contribution in [0, 0.1) is 0 Å². The van der Waals surface area contributed by atoms with Gasteiger partial charge in [-0.2, -0.15) is 5.10 Å². The highest BCUT2D eigenvalue weighted by Gasteiger charge is 2.16. The number of hydrogen-bond acceptors (Lipinski definition) is 6. The van der Waals surface area contributed by atoms with Crippen molar-refractivity contribution in [2.24, 2.45) is 10.9 Å². The van der Waals surface area contributed by atoms with Crippen LogP contribution in [0.5, 0.6) is 11.5 Å². The van der Waals surface area contributed by atoms with Crippen LogP contribution in [0.1, 0.15) is 54.2 Å². The zero-order valence-corrected chi connectivity index (χ0v) is 18.7. The number of nitrogens with zero attached hydrogens (tertiary/aromatic N) is 1. The molecule has 0 aliphatic carbocycles. The van der Waals surface area contributed by atoms with Crippen molar-refractivity contribution in [2.45, 2.75) is 40.2 Å². The van der Waals surface area contributed by atoms with E-state index in [1.807, 2.05) is 62.4 Å². The van der Waals surface area contributed by atoms with E-state index in [2.05, 4.69) is 10.4 Å². The van der Waals surface area contributed by atoms with Gasteiger partial charge in [-0.05, 0) is 67.8 Å². The van der Waals surface area contributed by atoms with Gasteiger partial charge in [-0.15, -0.1) is 0 Å². The van der Waals surface area contributed by atoms with Crippen LogP contribution in [0.15, 0.2) is 65.8 Å². The first-order valence-corrected chi connectivity index (χ1v) is 10.6. The van der Waals surface area contributed by atoms with Gasteiger partial charge in [-0.1, -0.05) is 37.6 Å². The summed E-state index contributed by atoms with van der Waals surface area (Å²) >= 11 is 0. The minimum atomic E-state index is -0.165. The molecule has 3 aromatic rings. The topological polar surface area (TPSA) is 96.9 Å². The number of rotatable bonds is 9. The van der Waals surface area contributed by atoms with Crippen LogP contribution in [-0.4, -0.2) is 16.6 Å². The number of ether oxygens (including phenoxy) is 1. The van der Waals surface area contributed by atoms with Gasteiger partial charge in [0.05, 0.1) is 11.3 Å². The summed E-state index contributed by atoms with van der Waals surface area (Å²) in [6.45, 7) is 5.67. The third-order valence-corrected chi connectivity index (χ3v) is 5.20. The number of carbonyl (C=O) groups excluding carboxylic acids is 1. The Kier molecular flexibility index (Phi) is 7.49. The van der Waals surface area contributed by atoms with E-state index in [0.717, 1.165) is 34.6 Å². The van der Waals surface area contributed by atoms with E-state index in [-0.39, 0.29) is 11.5 Å². The summed E-state index contributed by atoms with van der Waals surface area (Å²) in [6.07, 6.45) is 1.46. The summed E-state index contributed by atoms with van der Waals surface area (Å²) in [4.78, 5) is 11.8. The zero-order valence-electron chi connectivity index (χ0n) is 18.7. The van der Waals surface area contributed by atoms with Crippen LogP contribution in [0.4, 0.5) is 11.4 Å². The van der Waals surface area contributed by atoms with Crippen molar-refractivity contribution in [1.29, 1.82) is 0 Å². The molecule has 0 atom stereocenters. The number of phenolic OH excluding ortho intramolecular Hbond substituents is 1. The third-order valence-electron chi connectivity index (χ3n) is 5.20. The number of phenols is 1. The Balaban J connectivity index is 1.76. The molecule has 166 valence electrons. The van der Waals surface area contributed by atoms with Crippen molar-refractivity contribution in [3.8, 4) is 11.5 Å². The Morgan fingerprint density at radius 3 is 2.47 bits per heavy atom. The number of nitrogens with two attached hydrogens (primary N) is 1. The molecule has 0 aromatic heterocycles. The second-order valence-corrected chi connectivity index (χ2v) is 7.65. The van der Waals surface area contributed by atoms with Gasteiger partial charge in [0, 0.05) is 16.9 Å². The molecule has 0 aliphatic heterocycles. The summed E-state index contributed by atoms with van der Waals surface area (Å²) in [5.74, 6) is 5.84. The molecule has 0 fully saturated rings. The zero-order chi connectivity index (χ0) is 23.1. The van der Waals surface area contributed by atoms with Crippen molar-refractivity contribution >= 4 is 22.9 Å². The van der Waals surface area contributed by atoms with Crippen molar-refractivity contribution in [3.05, 3.63) is 82.9 Å². The molecule has 0 radical (unpaired) electrons. The molecule has 6 nitrogen and oxygen atoms in total. The first-order valence-electron chi connectivity index (χ1n) is 10.6. The summed E-state index contributed by atoms with van der Waals surface area (Å²) in [7, 11) is 0. The Labute approximate surface area is 188 Å². The highest BCUT2D eigenvalue weighted by Crippen LogP contribution is 2.33. The molecule has 0 amide bonds. The first-order chi connectivity index (χ1) is 15.4. The average molecular weight is 432 g/mol. The molecular weight excluding hydrogens is 402 g/mol. The highest BCUT2D eigenvalue weighted by molar-refractivity contribution is 5.99. The Hall–Kier alpha value is -3.80. The molecule has 32 heavy (non-hydrogen) atoms. The minimum absolute atomic E-state index is 0.0171. The van der Waals surface area contributed by atoms with E-state index in [9.17, 15) is 9.90 Å². The van der Waals surface area contributed by atoms with Crippen LogP contribution in [-0.2, 0) is 13.0 Å². The average Bonchev–Trinajstić information content (AvgIpc) is 2.79. The number of nitrogens with one attached hydrogen (secondary N) is 1. The van der Waals surface area contributed by atoms with Gasteiger partial charge < -0.3 is 21.0 Å². The van der Waals surface area contributed by atoms with Gasteiger partial charge >= 0.3 is 0 Å². The fourth-order valence-electron chi connectivity index (χ4n) is 3.49. The Morgan fingerprint density at radius 2 is 1.78 bits per heavy atom. The summed E-state index contributed by atoms with van der Waals surface area (Å²) < 4.78 is 6.03. The molecule has 0 spiro atoms. The fraction of sp³-hybridized carbons (Fsp3) is 0.231. The van der Waals surface area contributed by atoms with Gasteiger partial charge in [0.1, 0.15) is 18.1 Å². The van der Waals surface area contributed by atoms with Gasteiger partial charge in [0.2, 0.25) is 0 Å². The standard InChI is InChI=1S/C26H29N3O3/c1-4-7-24-25(13-12-23(18(3)30)26(24)31)32-16-19-8-5-10-21(14-19)28-22-11-6-9-20(15-22)17(2)29-27/h5-6,8-15,28,31H,4,7,16,27H2,1-3H3/b29-17+. The SMILES string of the molecule is CCCc1c(OCc2cccc(Nc3cccc(/C(C)=N/N)c3)c2)ccc(C(C)=O)c1O. The fourth-order valence-corrected chi connectivity index (χ4v) is 3.49. The number of Topliss-reactive ketones (excluding diaryl/α,β-unsaturated/α-hetero) is 1. The maximum Gasteiger partial charge on any atom is 0.163 e. The second-order valence-electron chi connectivity index (χ2n) is 7.65. The molecule has 0 aliphatic rings. The first kappa shape index (κ1) is 22.9. The maximum atomic E-state index is 11.8. The molecular formula is C26H29N3O3. The number of hydrogen-bond donors (Lipinski definition) is 3. The highest BCUT2D eigenvalue weighted by atomic mass is 16.5. The largest absolute Gasteiger partial charge is 0.507 e. The number of aromatic hydroxyl groups is 1. The van der Waals surface area contributed by atoms with Crippen molar-refractivity contribution in [3.63, 3.8) is 0 Å². The molecule has 6 heteroatoms. The molecule has 4 N–H and O–H groups in total. The third kappa shape index (κ3) is 5.46. The van der Waals surface area contributed by atoms with E-state index in [1.165, 1.54) is 6.92 Å². The van der Waals surface area contributed by atoms with Gasteiger partial charge in [-0.25, -0.2) is 0 Å². The minimum Gasteiger partial charge on any atom is -0.507 e. The molecule has 0 unspecified atom stereocenters. The lowest BCUT2D eigenvalue weighted by molar-refractivity contribution is 0.101. The van der Waals surface area contributed by atoms with Gasteiger partial charge in [0.15, 0.2) is 5.78 Å². The lowest BCUT2D eigenvalue weighted by atomic mass is 10.0. The smallest absolute Gasteiger partial charge is 0.163 e. The van der Waals surface area contributed by atoms with Crippen LogP contribution in [0.3, 0.4) is 0 Å². The van der Waals surface area contributed by atoms with Gasteiger partial charge in [-0.3, -0.25) is 4.79 Å². The number of hydrazone groups is 1. The van der Waals surface area contributed by atoms with E-state index in [0.29, 0.717) is 29.9 Å². The van der Waals surface area contributed by atoms with Crippen LogP contribution >= 0.6 is 0 Å². The van der Waals surface area contributed by atoms with E-state index in [1.54, 1.807) is 12.1 Å². The number of benzene rings is 3. The number of ketones is 1. The molecule has 0 saturated heterocycles. The second kappa shape index (κ2) is 10.5. The van der Waals surface area contributed by atoms with Crippen molar-refractivity contribution < 1.29 is 14.6 Å². The summed E-state index contributed by atoms with van der Waals surface area (Å²) in [5.41, 5.74) is 5.54. The lowest BCUT2D eigenvalue weighted by Crippen LogP contribution is -2.03. The molecule has 0 bridgehead atoms. The van der Waals surface area contributed by atoms with E-state index >= 15 is 0 Å². The molecule has 0 heterocycles. The Morgan fingerprint density at radius 1 is 1.06 bits per heavy atom. The Bertz CT molecular complexity index is 1140. The summed E-state index contributed by atoms with van der Waals surface area (Å²) in [6, 6.07) is 19.2.